The van der Waals surface area contributed by atoms with E-state index in [0.29, 0.717) is 16.3 Å². The Morgan fingerprint density at radius 1 is 1.47 bits per heavy atom. The topological polar surface area (TPSA) is 75.6 Å². The second-order valence-corrected chi connectivity index (χ2v) is 4.76. The molecule has 0 unspecified atom stereocenters. The lowest BCUT2D eigenvalue weighted by Gasteiger charge is -2.00. The normalized spacial score (nSPS) is 9.80. The third kappa shape index (κ3) is 2.26. The zero-order chi connectivity index (χ0) is 10.7. The van der Waals surface area contributed by atoms with Crippen LogP contribution in [-0.2, 0) is 0 Å². The Morgan fingerprint density at radius 2 is 2.33 bits per heavy atom. The molecule has 0 aromatic carbocycles. The molecule has 0 saturated carbocycles. The lowest BCUT2D eigenvalue weighted by molar-refractivity contribution is 1.11. The van der Waals surface area contributed by atoms with Gasteiger partial charge in [-0.2, -0.15) is 5.26 Å². The molecule has 2 aromatic rings. The average Bonchev–Trinajstić information content (AvgIpc) is 2.73. The van der Waals surface area contributed by atoms with E-state index in [1.165, 1.54) is 29.3 Å². The first kappa shape index (κ1) is 9.96. The Hall–Kier alpha value is -1.58. The number of pyridine rings is 1. The highest BCUT2D eigenvalue weighted by Crippen LogP contribution is 2.30. The van der Waals surface area contributed by atoms with E-state index in [1.807, 2.05) is 5.38 Å². The van der Waals surface area contributed by atoms with Crippen LogP contribution >= 0.6 is 23.1 Å². The van der Waals surface area contributed by atoms with Gasteiger partial charge in [-0.25, -0.2) is 9.97 Å². The monoisotopic (exact) mass is 234 g/mol. The fraction of sp³-hybridized carbons (Fsp3) is 0. The second-order valence-electron chi connectivity index (χ2n) is 2.63. The lowest BCUT2D eigenvalue weighted by atomic mass is 10.3. The second kappa shape index (κ2) is 4.29. The van der Waals surface area contributed by atoms with Crippen molar-refractivity contribution < 1.29 is 0 Å². The molecule has 0 bridgehead atoms. The summed E-state index contributed by atoms with van der Waals surface area (Å²) in [6.07, 6.45) is 3.26. The molecular weight excluding hydrogens is 228 g/mol. The van der Waals surface area contributed by atoms with Gasteiger partial charge in [-0.05, 0) is 17.8 Å². The van der Waals surface area contributed by atoms with Crippen LogP contribution in [0.25, 0.3) is 0 Å². The lowest BCUT2D eigenvalue weighted by Crippen LogP contribution is -1.91. The first-order valence-electron chi connectivity index (χ1n) is 4.02. The van der Waals surface area contributed by atoms with Gasteiger partial charge in [0.25, 0.3) is 0 Å². The summed E-state index contributed by atoms with van der Waals surface area (Å²) in [5.41, 5.74) is 6.52. The van der Waals surface area contributed by atoms with Crippen molar-refractivity contribution in [1.29, 1.82) is 5.26 Å². The third-order valence-electron chi connectivity index (χ3n) is 1.59. The summed E-state index contributed by atoms with van der Waals surface area (Å²) in [6, 6.07) is 3.68. The largest absolute Gasteiger partial charge is 0.397 e. The van der Waals surface area contributed by atoms with Crippen molar-refractivity contribution >= 4 is 28.8 Å². The van der Waals surface area contributed by atoms with Crippen LogP contribution in [0.3, 0.4) is 0 Å². The molecule has 0 radical (unpaired) electrons. The van der Waals surface area contributed by atoms with E-state index >= 15 is 0 Å². The summed E-state index contributed by atoms with van der Waals surface area (Å²) in [7, 11) is 0. The number of nitrogens with two attached hydrogens (primary N) is 1. The van der Waals surface area contributed by atoms with E-state index in [9.17, 15) is 0 Å². The molecule has 0 aliphatic carbocycles. The standard InChI is InChI=1S/C9H6N4S2/c10-4-6-3-7(11)5-13-8(6)15-9-12-1-2-14-9/h1-3,5H,11H2. The third-order valence-corrected chi connectivity index (χ3v) is 3.49. The zero-order valence-electron chi connectivity index (χ0n) is 7.54. The van der Waals surface area contributed by atoms with Crippen molar-refractivity contribution in [1.82, 2.24) is 9.97 Å². The van der Waals surface area contributed by atoms with Gasteiger partial charge in [0.2, 0.25) is 0 Å². The highest BCUT2D eigenvalue weighted by Gasteiger charge is 2.07. The Morgan fingerprint density at radius 3 is 3.00 bits per heavy atom. The summed E-state index contributed by atoms with van der Waals surface area (Å²) in [5, 5.41) is 11.4. The van der Waals surface area contributed by atoms with Crippen molar-refractivity contribution in [2.75, 3.05) is 5.73 Å². The van der Waals surface area contributed by atoms with Crippen molar-refractivity contribution in [3.8, 4) is 6.07 Å². The summed E-state index contributed by atoms with van der Waals surface area (Å²) >= 11 is 2.88. The van der Waals surface area contributed by atoms with Crippen LogP contribution < -0.4 is 5.73 Å². The molecule has 2 aromatic heterocycles. The molecule has 2 N–H and O–H groups in total. The minimum atomic E-state index is 0.482. The highest BCUT2D eigenvalue weighted by molar-refractivity contribution is 8.01. The number of anilines is 1. The van der Waals surface area contributed by atoms with E-state index in [0.717, 1.165) is 4.34 Å². The number of nitrogens with zero attached hydrogens (tertiary/aromatic N) is 3. The molecule has 2 heterocycles. The van der Waals surface area contributed by atoms with Crippen molar-refractivity contribution in [2.45, 2.75) is 9.37 Å². The zero-order valence-corrected chi connectivity index (χ0v) is 9.18. The molecule has 0 amide bonds. The first-order valence-corrected chi connectivity index (χ1v) is 5.72. The summed E-state index contributed by atoms with van der Waals surface area (Å²) in [5.74, 6) is 0. The van der Waals surface area contributed by atoms with E-state index in [2.05, 4.69) is 16.0 Å². The minimum absolute atomic E-state index is 0.482. The van der Waals surface area contributed by atoms with Crippen molar-refractivity contribution in [3.63, 3.8) is 0 Å². The van der Waals surface area contributed by atoms with Gasteiger partial charge in [0.1, 0.15) is 11.1 Å². The van der Waals surface area contributed by atoms with Gasteiger partial charge in [0.15, 0.2) is 4.34 Å². The van der Waals surface area contributed by atoms with Crippen molar-refractivity contribution in [2.24, 2.45) is 0 Å². The number of hydrogen-bond donors (Lipinski definition) is 1. The molecule has 74 valence electrons. The molecule has 6 heteroatoms. The quantitative estimate of drug-likeness (QED) is 0.861. The van der Waals surface area contributed by atoms with Gasteiger partial charge in [0.05, 0.1) is 17.4 Å². The van der Waals surface area contributed by atoms with Gasteiger partial charge in [-0.3, -0.25) is 0 Å². The van der Waals surface area contributed by atoms with Crippen LogP contribution in [0.2, 0.25) is 0 Å². The smallest absolute Gasteiger partial charge is 0.156 e. The van der Waals surface area contributed by atoms with Crippen LogP contribution in [0.1, 0.15) is 5.56 Å². The summed E-state index contributed by atoms with van der Waals surface area (Å²) in [4.78, 5) is 8.22. The van der Waals surface area contributed by atoms with Gasteiger partial charge in [-0.1, -0.05) is 0 Å². The molecule has 15 heavy (non-hydrogen) atoms. The van der Waals surface area contributed by atoms with Crippen LogP contribution in [0, 0.1) is 11.3 Å². The number of nitrogen functional groups attached to an aromatic ring is 1. The Labute approximate surface area is 94.8 Å². The average molecular weight is 234 g/mol. The molecule has 0 atom stereocenters. The van der Waals surface area contributed by atoms with Gasteiger partial charge in [0, 0.05) is 11.6 Å². The van der Waals surface area contributed by atoms with E-state index in [4.69, 9.17) is 11.0 Å². The van der Waals surface area contributed by atoms with Crippen LogP contribution in [0.5, 0.6) is 0 Å². The minimum Gasteiger partial charge on any atom is -0.397 e. The molecule has 0 fully saturated rings. The maximum Gasteiger partial charge on any atom is 0.156 e. The molecule has 0 aliphatic heterocycles. The highest BCUT2D eigenvalue weighted by atomic mass is 32.2. The Bertz CT molecular complexity index is 501. The molecular formula is C9H6N4S2. The Balaban J connectivity index is 2.33. The molecule has 4 nitrogen and oxygen atoms in total. The van der Waals surface area contributed by atoms with Crippen LogP contribution in [0.15, 0.2) is 33.2 Å². The van der Waals surface area contributed by atoms with Crippen molar-refractivity contribution in [3.05, 3.63) is 29.4 Å². The van der Waals surface area contributed by atoms with Crippen LogP contribution in [-0.4, -0.2) is 9.97 Å². The van der Waals surface area contributed by atoms with E-state index < -0.39 is 0 Å². The number of thiazole rings is 1. The van der Waals surface area contributed by atoms with Gasteiger partial charge >= 0.3 is 0 Å². The fourth-order valence-electron chi connectivity index (χ4n) is 0.973. The molecule has 0 aliphatic rings. The van der Waals surface area contributed by atoms with Crippen LogP contribution in [0.4, 0.5) is 5.69 Å². The molecule has 2 rings (SSSR count). The molecule has 0 spiro atoms. The van der Waals surface area contributed by atoms with E-state index in [-0.39, 0.29) is 0 Å². The van der Waals surface area contributed by atoms with Gasteiger partial charge < -0.3 is 5.73 Å². The predicted octanol–water partition coefficient (Wildman–Crippen LogP) is 2.14. The maximum atomic E-state index is 8.90. The van der Waals surface area contributed by atoms with Gasteiger partial charge in [-0.15, -0.1) is 11.3 Å². The first-order chi connectivity index (χ1) is 7.29. The number of hydrogen-bond acceptors (Lipinski definition) is 6. The number of nitriles is 1. The number of aromatic nitrogens is 2. The summed E-state index contributed by atoms with van der Waals surface area (Å²) in [6.45, 7) is 0. The predicted molar refractivity (Wildman–Crippen MR) is 59.6 cm³/mol. The number of rotatable bonds is 2. The maximum absolute atomic E-state index is 8.90. The fourth-order valence-corrected chi connectivity index (χ4v) is 2.53. The molecule has 0 saturated heterocycles. The SMILES string of the molecule is N#Cc1cc(N)cnc1Sc1nccs1. The van der Waals surface area contributed by atoms with E-state index in [1.54, 1.807) is 12.3 Å². The Kier molecular flexibility index (Phi) is 2.85. The summed E-state index contributed by atoms with van der Waals surface area (Å²) < 4.78 is 0.865.